The van der Waals surface area contributed by atoms with Crippen LogP contribution in [0.5, 0.6) is 0 Å². The molecule has 3 heteroatoms. The first-order valence-corrected chi connectivity index (χ1v) is 7.61. The molecular weight excluding hydrogens is 250 g/mol. The standard InChI is InChI=1S/C17H21NO2/c19-13-18-17(8-1-2-9-17)16-5-3-4-15(12-16)14-6-10-20-11-7-14/h3-5,12,14H,1-2,6-11H2. The molecule has 2 aliphatic rings. The van der Waals surface area contributed by atoms with E-state index in [4.69, 9.17) is 4.74 Å². The lowest BCUT2D eigenvalue weighted by Crippen LogP contribution is -2.20. The molecule has 1 heterocycles. The number of nitrogens with zero attached hydrogens (tertiary/aromatic N) is 1. The molecule has 0 bridgehead atoms. The molecule has 1 aliphatic carbocycles. The van der Waals surface area contributed by atoms with Gasteiger partial charge < -0.3 is 4.74 Å². The molecule has 3 rings (SSSR count). The van der Waals surface area contributed by atoms with Crippen molar-refractivity contribution in [2.75, 3.05) is 13.2 Å². The van der Waals surface area contributed by atoms with Gasteiger partial charge in [-0.25, -0.2) is 4.79 Å². The second-order valence-electron chi connectivity index (χ2n) is 5.95. The zero-order chi connectivity index (χ0) is 13.8. The molecule has 0 aromatic heterocycles. The summed E-state index contributed by atoms with van der Waals surface area (Å²) in [6.45, 7) is 1.71. The third kappa shape index (κ3) is 2.56. The smallest absolute Gasteiger partial charge is 0.235 e. The van der Waals surface area contributed by atoms with Crippen LogP contribution in [-0.4, -0.2) is 19.3 Å². The van der Waals surface area contributed by atoms with Crippen LogP contribution in [0, 0.1) is 0 Å². The summed E-state index contributed by atoms with van der Waals surface area (Å²) in [6, 6.07) is 8.70. The summed E-state index contributed by atoms with van der Waals surface area (Å²) in [4.78, 5) is 15.0. The zero-order valence-electron chi connectivity index (χ0n) is 11.8. The number of aliphatic imine (C=N–C) groups is 1. The summed E-state index contributed by atoms with van der Waals surface area (Å²) in [7, 11) is 0. The Balaban J connectivity index is 1.91. The molecule has 1 aliphatic heterocycles. The van der Waals surface area contributed by atoms with Gasteiger partial charge >= 0.3 is 0 Å². The first kappa shape index (κ1) is 13.5. The fourth-order valence-electron chi connectivity index (χ4n) is 3.63. The predicted molar refractivity (Wildman–Crippen MR) is 77.5 cm³/mol. The Morgan fingerprint density at radius 2 is 1.95 bits per heavy atom. The molecule has 20 heavy (non-hydrogen) atoms. The SMILES string of the molecule is O=C=NC1(c2cccc(C3CCOCC3)c2)CCCC1. The lowest BCUT2D eigenvalue weighted by Gasteiger charge is -2.26. The molecule has 0 amide bonds. The number of isocyanates is 1. The topological polar surface area (TPSA) is 38.7 Å². The Morgan fingerprint density at radius 3 is 2.65 bits per heavy atom. The van der Waals surface area contributed by atoms with E-state index in [2.05, 4.69) is 29.3 Å². The lowest BCUT2D eigenvalue weighted by molar-refractivity contribution is 0.0853. The Hall–Kier alpha value is -1.44. The highest BCUT2D eigenvalue weighted by Gasteiger charge is 2.36. The van der Waals surface area contributed by atoms with Crippen LogP contribution < -0.4 is 0 Å². The second kappa shape index (κ2) is 5.90. The van der Waals surface area contributed by atoms with Crippen molar-refractivity contribution in [3.63, 3.8) is 0 Å². The molecule has 1 saturated carbocycles. The van der Waals surface area contributed by atoms with E-state index in [0.717, 1.165) is 51.7 Å². The molecule has 1 aromatic carbocycles. The quantitative estimate of drug-likeness (QED) is 0.621. The lowest BCUT2D eigenvalue weighted by atomic mass is 9.84. The number of hydrogen-bond acceptors (Lipinski definition) is 3. The summed E-state index contributed by atoms with van der Waals surface area (Å²) < 4.78 is 5.44. The molecule has 1 saturated heterocycles. The second-order valence-corrected chi connectivity index (χ2v) is 5.95. The fraction of sp³-hybridized carbons (Fsp3) is 0.588. The van der Waals surface area contributed by atoms with E-state index in [1.807, 2.05) is 0 Å². The van der Waals surface area contributed by atoms with E-state index in [1.54, 1.807) is 6.08 Å². The van der Waals surface area contributed by atoms with Crippen molar-refractivity contribution in [3.05, 3.63) is 35.4 Å². The molecular formula is C17H21NO2. The van der Waals surface area contributed by atoms with Gasteiger partial charge in [-0.15, -0.1) is 0 Å². The summed E-state index contributed by atoms with van der Waals surface area (Å²) in [6.07, 6.45) is 8.22. The van der Waals surface area contributed by atoms with Crippen molar-refractivity contribution in [1.29, 1.82) is 0 Å². The van der Waals surface area contributed by atoms with Crippen LogP contribution in [0.1, 0.15) is 55.6 Å². The number of hydrogen-bond donors (Lipinski definition) is 0. The maximum Gasteiger partial charge on any atom is 0.235 e. The van der Waals surface area contributed by atoms with Crippen molar-refractivity contribution >= 4 is 6.08 Å². The average Bonchev–Trinajstić information content (AvgIpc) is 2.99. The Kier molecular flexibility index (Phi) is 4.00. The highest BCUT2D eigenvalue weighted by Crippen LogP contribution is 2.43. The monoisotopic (exact) mass is 271 g/mol. The van der Waals surface area contributed by atoms with Gasteiger partial charge in [-0.3, -0.25) is 0 Å². The molecule has 0 atom stereocenters. The van der Waals surface area contributed by atoms with Crippen LogP contribution in [-0.2, 0) is 15.1 Å². The van der Waals surface area contributed by atoms with Gasteiger partial charge in [-0.05, 0) is 42.7 Å². The zero-order valence-corrected chi connectivity index (χ0v) is 11.8. The molecule has 0 spiro atoms. The van der Waals surface area contributed by atoms with Crippen molar-refractivity contribution in [2.45, 2.75) is 50.0 Å². The molecule has 0 N–H and O–H groups in total. The van der Waals surface area contributed by atoms with Gasteiger partial charge in [0.2, 0.25) is 6.08 Å². The van der Waals surface area contributed by atoms with E-state index >= 15 is 0 Å². The molecule has 2 fully saturated rings. The highest BCUT2D eigenvalue weighted by atomic mass is 16.5. The van der Waals surface area contributed by atoms with Gasteiger partial charge in [0.1, 0.15) is 0 Å². The first-order chi connectivity index (χ1) is 9.84. The summed E-state index contributed by atoms with van der Waals surface area (Å²) >= 11 is 0. The minimum absolute atomic E-state index is 0.303. The van der Waals surface area contributed by atoms with E-state index in [-0.39, 0.29) is 5.54 Å². The van der Waals surface area contributed by atoms with Gasteiger partial charge in [0, 0.05) is 13.2 Å². The number of rotatable bonds is 3. The van der Waals surface area contributed by atoms with Crippen molar-refractivity contribution in [2.24, 2.45) is 4.99 Å². The minimum Gasteiger partial charge on any atom is -0.381 e. The van der Waals surface area contributed by atoms with E-state index in [9.17, 15) is 4.79 Å². The number of carbonyl (C=O) groups excluding carboxylic acids is 1. The van der Waals surface area contributed by atoms with Crippen LogP contribution >= 0.6 is 0 Å². The highest BCUT2D eigenvalue weighted by molar-refractivity contribution is 5.40. The summed E-state index contributed by atoms with van der Waals surface area (Å²) in [5, 5.41) is 0. The van der Waals surface area contributed by atoms with Crippen LogP contribution in [0.15, 0.2) is 29.3 Å². The van der Waals surface area contributed by atoms with Gasteiger partial charge in [0.25, 0.3) is 0 Å². The number of benzene rings is 1. The molecule has 3 nitrogen and oxygen atoms in total. The Bertz CT molecular complexity index is 507. The first-order valence-electron chi connectivity index (χ1n) is 7.61. The van der Waals surface area contributed by atoms with Crippen molar-refractivity contribution in [3.8, 4) is 0 Å². The van der Waals surface area contributed by atoms with E-state index < -0.39 is 0 Å². The van der Waals surface area contributed by atoms with Crippen LogP contribution in [0.4, 0.5) is 0 Å². The third-order valence-corrected chi connectivity index (χ3v) is 4.81. The maximum absolute atomic E-state index is 10.8. The Morgan fingerprint density at radius 1 is 1.20 bits per heavy atom. The van der Waals surface area contributed by atoms with E-state index in [0.29, 0.717) is 5.92 Å². The minimum atomic E-state index is -0.303. The van der Waals surface area contributed by atoms with E-state index in [1.165, 1.54) is 11.1 Å². The largest absolute Gasteiger partial charge is 0.381 e. The van der Waals surface area contributed by atoms with Gasteiger partial charge in [-0.2, -0.15) is 4.99 Å². The van der Waals surface area contributed by atoms with Crippen LogP contribution in [0.2, 0.25) is 0 Å². The fourth-order valence-corrected chi connectivity index (χ4v) is 3.63. The average molecular weight is 271 g/mol. The van der Waals surface area contributed by atoms with Gasteiger partial charge in [0.15, 0.2) is 0 Å². The maximum atomic E-state index is 10.8. The predicted octanol–water partition coefficient (Wildman–Crippen LogP) is 3.69. The summed E-state index contributed by atoms with van der Waals surface area (Å²) in [5.41, 5.74) is 2.27. The Labute approximate surface area is 120 Å². The number of ether oxygens (including phenoxy) is 1. The van der Waals surface area contributed by atoms with Crippen molar-refractivity contribution < 1.29 is 9.53 Å². The molecule has 0 unspecified atom stereocenters. The molecule has 1 aromatic rings. The van der Waals surface area contributed by atoms with Crippen molar-refractivity contribution in [1.82, 2.24) is 0 Å². The van der Waals surface area contributed by atoms with Gasteiger partial charge in [0.05, 0.1) is 5.54 Å². The third-order valence-electron chi connectivity index (χ3n) is 4.81. The summed E-state index contributed by atoms with van der Waals surface area (Å²) in [5.74, 6) is 0.586. The normalized spacial score (nSPS) is 22.4. The van der Waals surface area contributed by atoms with Gasteiger partial charge in [-0.1, -0.05) is 37.1 Å². The molecule has 0 radical (unpaired) electrons. The van der Waals surface area contributed by atoms with Crippen LogP contribution in [0.3, 0.4) is 0 Å². The molecule has 106 valence electrons. The van der Waals surface area contributed by atoms with Crippen LogP contribution in [0.25, 0.3) is 0 Å².